The van der Waals surface area contributed by atoms with Crippen molar-refractivity contribution in [1.29, 1.82) is 5.26 Å². The highest BCUT2D eigenvalue weighted by atomic mass is 32.1. The van der Waals surface area contributed by atoms with Crippen LogP contribution in [-0.4, -0.2) is 118 Å². The van der Waals surface area contributed by atoms with Gasteiger partial charge in [-0.05, 0) is 88.4 Å². The lowest BCUT2D eigenvalue weighted by atomic mass is 9.89. The van der Waals surface area contributed by atoms with Crippen LogP contribution in [-0.2, 0) is 30.1 Å². The molecule has 0 radical (unpaired) electrons. The van der Waals surface area contributed by atoms with Gasteiger partial charge in [0.15, 0.2) is 10.8 Å². The van der Waals surface area contributed by atoms with Crippen molar-refractivity contribution in [3.63, 3.8) is 0 Å². The fourth-order valence-electron chi connectivity index (χ4n) is 8.35. The summed E-state index contributed by atoms with van der Waals surface area (Å²) >= 11 is 5.65. The average molecular weight is 851 g/mol. The van der Waals surface area contributed by atoms with E-state index in [1.54, 1.807) is 47.9 Å². The Balaban J connectivity index is 0.956. The number of carbonyl (C=O) groups excluding carboxylic acids is 4. The second-order valence-electron chi connectivity index (χ2n) is 15.7. The number of piperazine rings is 1. The first-order valence-corrected chi connectivity index (χ1v) is 19.7. The molecule has 1 unspecified atom stereocenters. The van der Waals surface area contributed by atoms with E-state index >= 15 is 0 Å². The molecular formula is C39H44F6N8O5S. The maximum Gasteiger partial charge on any atom is 0.419 e. The first-order valence-electron chi connectivity index (χ1n) is 19.3. The molecule has 1 aliphatic carbocycles. The molecule has 13 nitrogen and oxygen atoms in total. The van der Waals surface area contributed by atoms with Gasteiger partial charge in [-0.25, -0.2) is 4.98 Å². The Kier molecular flexibility index (Phi) is 13.0. The van der Waals surface area contributed by atoms with Crippen LogP contribution in [0.25, 0.3) is 0 Å². The molecule has 4 heterocycles. The number of rotatable bonds is 11. The fourth-order valence-corrected chi connectivity index (χ4v) is 8.92. The fraction of sp³-hybridized carbons (Fsp3) is 0.564. The number of hydrogen-bond acceptors (Lipinski definition) is 10. The molecule has 59 heavy (non-hydrogen) atoms. The summed E-state index contributed by atoms with van der Waals surface area (Å²) in [6.45, 7) is 3.48. The smallest absolute Gasteiger partial charge is 0.378 e. The predicted molar refractivity (Wildman–Crippen MR) is 205 cm³/mol. The maximum atomic E-state index is 14.3. The van der Waals surface area contributed by atoms with Crippen LogP contribution in [0.1, 0.15) is 81.5 Å². The molecule has 6 rings (SSSR count). The lowest BCUT2D eigenvalue weighted by Crippen LogP contribution is -2.60. The van der Waals surface area contributed by atoms with Gasteiger partial charge in [0.05, 0.1) is 36.0 Å². The van der Waals surface area contributed by atoms with Crippen LogP contribution in [0.4, 0.5) is 37.7 Å². The second kappa shape index (κ2) is 17.5. The Morgan fingerprint density at radius 2 is 1.80 bits per heavy atom. The lowest BCUT2D eigenvalue weighted by molar-refractivity contribution is -0.197. The van der Waals surface area contributed by atoms with Crippen LogP contribution in [0.2, 0.25) is 0 Å². The van der Waals surface area contributed by atoms with Crippen molar-refractivity contribution >= 4 is 52.3 Å². The van der Waals surface area contributed by atoms with E-state index < -0.39 is 65.4 Å². The number of alkyl halides is 6. The molecule has 4 aliphatic rings. The number of anilines is 2. The zero-order chi connectivity index (χ0) is 42.9. The number of ether oxygens (including phenoxy) is 1. The van der Waals surface area contributed by atoms with Crippen LogP contribution < -0.4 is 15.5 Å². The summed E-state index contributed by atoms with van der Waals surface area (Å²) < 4.78 is 89.9. The third-order valence-electron chi connectivity index (χ3n) is 11.4. The van der Waals surface area contributed by atoms with Gasteiger partial charge < -0.3 is 19.9 Å². The average Bonchev–Trinajstić information content (AvgIpc) is 3.34. The summed E-state index contributed by atoms with van der Waals surface area (Å²) in [4.78, 5) is 59.5. The first kappa shape index (κ1) is 43.9. The van der Waals surface area contributed by atoms with E-state index in [-0.39, 0.29) is 48.4 Å². The molecule has 1 aromatic carbocycles. The van der Waals surface area contributed by atoms with Crippen molar-refractivity contribution in [2.75, 3.05) is 49.5 Å². The van der Waals surface area contributed by atoms with Crippen LogP contribution in [0, 0.1) is 11.3 Å². The second-order valence-corrected chi connectivity index (χ2v) is 16.1. The molecule has 4 fully saturated rings. The maximum absolute atomic E-state index is 14.3. The number of carbonyl (C=O) groups is 4. The topological polar surface area (TPSA) is 151 Å². The third kappa shape index (κ3) is 9.85. The Morgan fingerprint density at radius 3 is 2.46 bits per heavy atom. The number of hydrogen-bond donors (Lipinski definition) is 2. The molecule has 1 saturated carbocycles. The molecule has 2 aromatic rings. The van der Waals surface area contributed by atoms with Gasteiger partial charge in [0, 0.05) is 50.9 Å². The molecule has 1 aromatic heterocycles. The molecule has 20 heteroatoms. The summed E-state index contributed by atoms with van der Waals surface area (Å²) in [6, 6.07) is 6.55. The van der Waals surface area contributed by atoms with Crippen molar-refractivity contribution in [3.05, 3.63) is 53.3 Å². The minimum absolute atomic E-state index is 0.0125. The molecule has 3 saturated heterocycles. The largest absolute Gasteiger partial charge is 0.419 e. The molecule has 2 atom stereocenters. The lowest BCUT2D eigenvalue weighted by Gasteiger charge is -2.42. The number of nitrogens with zero attached hydrogens (tertiary/aromatic N) is 6. The number of halogens is 6. The van der Waals surface area contributed by atoms with E-state index in [1.807, 2.05) is 0 Å². The highest BCUT2D eigenvalue weighted by Crippen LogP contribution is 2.40. The summed E-state index contributed by atoms with van der Waals surface area (Å²) in [5.74, 6) is -2.52. The van der Waals surface area contributed by atoms with Gasteiger partial charge in [-0.2, -0.15) is 31.6 Å². The summed E-state index contributed by atoms with van der Waals surface area (Å²) in [7, 11) is 0. The molecule has 3 aliphatic heterocycles. The van der Waals surface area contributed by atoms with Crippen LogP contribution >= 0.6 is 12.2 Å². The van der Waals surface area contributed by atoms with Crippen LogP contribution in [0.3, 0.4) is 0 Å². The van der Waals surface area contributed by atoms with Crippen LogP contribution in [0.15, 0.2) is 36.5 Å². The van der Waals surface area contributed by atoms with Crippen molar-refractivity contribution in [2.24, 2.45) is 0 Å². The first-order chi connectivity index (χ1) is 27.8. The number of piperidine rings is 1. The SMILES string of the molecule is CC1(C)C(=O)N(c2cnc(C#N)c(C(F)(F)F)c2)C(=S)N1[C@H]1CC[C@H](OCCCN2CCN(CC(=O)Nc3cccc(C4CCC(=O)NC4=O)c3)[C@@H](C(F)(F)F)C2)CC1. The Morgan fingerprint density at radius 1 is 1.07 bits per heavy atom. The van der Waals surface area contributed by atoms with E-state index in [0.717, 1.165) is 16.0 Å². The summed E-state index contributed by atoms with van der Waals surface area (Å²) in [6.07, 6.45) is -5.26. The molecule has 4 amide bonds. The number of nitrogens with one attached hydrogen (secondary N) is 2. The highest BCUT2D eigenvalue weighted by Gasteiger charge is 2.53. The van der Waals surface area contributed by atoms with E-state index in [1.165, 1.54) is 6.07 Å². The van der Waals surface area contributed by atoms with Crippen molar-refractivity contribution in [1.82, 2.24) is 25.0 Å². The Hall–Kier alpha value is -4.71. The number of thiocarbonyl (C=S) groups is 1. The van der Waals surface area contributed by atoms with Gasteiger partial charge in [0.2, 0.25) is 17.7 Å². The molecule has 318 valence electrons. The summed E-state index contributed by atoms with van der Waals surface area (Å²) in [5.41, 5.74) is -2.51. The number of amides is 4. The monoisotopic (exact) mass is 850 g/mol. The number of imide groups is 1. The minimum atomic E-state index is -4.87. The van der Waals surface area contributed by atoms with E-state index in [4.69, 9.17) is 22.2 Å². The van der Waals surface area contributed by atoms with Crippen molar-refractivity contribution < 1.29 is 50.3 Å². The van der Waals surface area contributed by atoms with E-state index in [9.17, 15) is 45.5 Å². The summed E-state index contributed by atoms with van der Waals surface area (Å²) in [5, 5.41) is 14.1. The van der Waals surface area contributed by atoms with Crippen molar-refractivity contribution in [3.8, 4) is 6.07 Å². The third-order valence-corrected chi connectivity index (χ3v) is 11.7. The normalized spacial score (nSPS) is 24.6. The Labute approximate surface area is 342 Å². The number of aromatic nitrogens is 1. The van der Waals surface area contributed by atoms with Crippen molar-refractivity contribution in [2.45, 2.75) is 101 Å². The molecule has 0 bridgehead atoms. The number of pyridine rings is 1. The highest BCUT2D eigenvalue weighted by molar-refractivity contribution is 7.80. The predicted octanol–water partition coefficient (Wildman–Crippen LogP) is 5.11. The molecule has 0 spiro atoms. The van der Waals surface area contributed by atoms with Gasteiger partial charge >= 0.3 is 12.4 Å². The molecule has 2 N–H and O–H groups in total. The zero-order valence-corrected chi connectivity index (χ0v) is 33.2. The van der Waals surface area contributed by atoms with E-state index in [0.29, 0.717) is 75.5 Å². The quantitative estimate of drug-likeness (QED) is 0.134. The van der Waals surface area contributed by atoms with Gasteiger partial charge in [0.1, 0.15) is 17.6 Å². The van der Waals surface area contributed by atoms with E-state index in [2.05, 4.69) is 15.6 Å². The van der Waals surface area contributed by atoms with Gasteiger partial charge in [-0.1, -0.05) is 12.1 Å². The van der Waals surface area contributed by atoms with Gasteiger partial charge in [-0.15, -0.1) is 0 Å². The van der Waals surface area contributed by atoms with Gasteiger partial charge in [0.25, 0.3) is 5.91 Å². The zero-order valence-electron chi connectivity index (χ0n) is 32.4. The van der Waals surface area contributed by atoms with Gasteiger partial charge in [-0.3, -0.25) is 34.3 Å². The Bertz CT molecular complexity index is 2000. The molecular weight excluding hydrogens is 807 g/mol. The standard InChI is InChI=1S/C39H44F6N8O5S/c1-37(2)35(57)52(26-18-29(38(40,41)42)30(19-46)47-20-26)36(59)53(37)25-7-9-27(10-8-25)58-16-4-13-50-14-15-51(31(21-50)39(43,44)45)22-33(55)48-24-6-3-5-23(17-24)28-11-12-32(54)49-34(28)56/h3,5-6,17-18,20,25,27-28,31H,4,7-16,21-22H2,1-2H3,(H,48,55)(H,49,54,56)/t25-,27-,28?,31-/m1/s1. The van der Waals surface area contributed by atoms with Crippen LogP contribution in [0.5, 0.6) is 0 Å². The number of benzene rings is 1. The minimum Gasteiger partial charge on any atom is -0.378 e. The number of nitriles is 1.